The van der Waals surface area contributed by atoms with Crippen LogP contribution in [0.2, 0.25) is 0 Å². The number of carboxylic acids is 1. The van der Waals surface area contributed by atoms with Crippen LogP contribution < -0.4 is 10.5 Å². The van der Waals surface area contributed by atoms with Gasteiger partial charge >= 0.3 is 12.3 Å². The van der Waals surface area contributed by atoms with Gasteiger partial charge in [-0.25, -0.2) is 4.39 Å². The topological polar surface area (TPSA) is 72.5 Å². The fourth-order valence-corrected chi connectivity index (χ4v) is 1.35. The number of carbonyl (C=O) groups is 1. The van der Waals surface area contributed by atoms with Crippen LogP contribution in [0.15, 0.2) is 18.2 Å². The molecule has 0 aliphatic rings. The molecular weight excluding hydrogens is 270 g/mol. The van der Waals surface area contributed by atoms with Crippen molar-refractivity contribution < 1.29 is 32.2 Å². The molecular formula is C11H11F4NO3. The normalized spacial score (nSPS) is 13.1. The molecule has 0 spiro atoms. The van der Waals surface area contributed by atoms with Gasteiger partial charge in [0.1, 0.15) is 6.04 Å². The summed E-state index contributed by atoms with van der Waals surface area (Å²) in [6.07, 6.45) is -4.78. The summed E-state index contributed by atoms with van der Waals surface area (Å²) in [4.78, 5) is 10.5. The van der Waals surface area contributed by atoms with Crippen LogP contribution in [-0.4, -0.2) is 23.5 Å². The summed E-state index contributed by atoms with van der Waals surface area (Å²) >= 11 is 0. The Labute approximate surface area is 105 Å². The van der Waals surface area contributed by atoms with Gasteiger partial charge in [-0.05, 0) is 30.5 Å². The number of alkyl halides is 3. The first-order valence-corrected chi connectivity index (χ1v) is 5.21. The number of aryl methyl sites for hydroxylation is 1. The van der Waals surface area contributed by atoms with E-state index in [1.165, 1.54) is 6.07 Å². The van der Waals surface area contributed by atoms with Crippen LogP contribution in [0.25, 0.3) is 0 Å². The monoisotopic (exact) mass is 281 g/mol. The zero-order chi connectivity index (χ0) is 14.6. The molecule has 0 aliphatic carbocycles. The number of nitrogens with two attached hydrogens (primary N) is 1. The number of hydrogen-bond donors (Lipinski definition) is 2. The minimum atomic E-state index is -4.96. The van der Waals surface area contributed by atoms with E-state index in [0.717, 1.165) is 12.1 Å². The molecule has 0 aliphatic heterocycles. The van der Waals surface area contributed by atoms with Crippen molar-refractivity contribution in [1.29, 1.82) is 0 Å². The maximum atomic E-state index is 13.3. The Morgan fingerprint density at radius 2 is 2.05 bits per heavy atom. The lowest BCUT2D eigenvalue weighted by Gasteiger charge is -2.11. The predicted octanol–water partition coefficient (Wildman–Crippen LogP) is 2.07. The maximum absolute atomic E-state index is 13.3. The van der Waals surface area contributed by atoms with Crippen molar-refractivity contribution in [3.63, 3.8) is 0 Å². The van der Waals surface area contributed by atoms with Gasteiger partial charge in [0.2, 0.25) is 0 Å². The fraction of sp³-hybridized carbons (Fsp3) is 0.364. The Bertz CT molecular complexity index is 462. The molecule has 1 aromatic rings. The van der Waals surface area contributed by atoms with Gasteiger partial charge in [-0.3, -0.25) is 4.79 Å². The minimum absolute atomic E-state index is 0.0498. The van der Waals surface area contributed by atoms with Gasteiger partial charge in [0.25, 0.3) is 0 Å². The molecule has 1 unspecified atom stereocenters. The molecule has 0 amide bonds. The highest BCUT2D eigenvalue weighted by Gasteiger charge is 2.32. The summed E-state index contributed by atoms with van der Waals surface area (Å²) in [5.74, 6) is -3.30. The summed E-state index contributed by atoms with van der Waals surface area (Å²) in [5.41, 5.74) is 5.59. The second kappa shape index (κ2) is 5.87. The summed E-state index contributed by atoms with van der Waals surface area (Å²) in [6.45, 7) is 0. The summed E-state index contributed by atoms with van der Waals surface area (Å²) < 4.78 is 52.4. The third kappa shape index (κ3) is 5.12. The molecule has 0 bridgehead atoms. The summed E-state index contributed by atoms with van der Waals surface area (Å²) in [7, 11) is 0. The van der Waals surface area contributed by atoms with E-state index in [9.17, 15) is 22.4 Å². The predicted molar refractivity (Wildman–Crippen MR) is 57.0 cm³/mol. The van der Waals surface area contributed by atoms with Crippen molar-refractivity contribution in [3.05, 3.63) is 29.6 Å². The van der Waals surface area contributed by atoms with E-state index in [2.05, 4.69) is 4.74 Å². The van der Waals surface area contributed by atoms with Crippen molar-refractivity contribution in [1.82, 2.24) is 0 Å². The molecule has 19 heavy (non-hydrogen) atoms. The zero-order valence-electron chi connectivity index (χ0n) is 9.58. The number of hydrogen-bond acceptors (Lipinski definition) is 3. The number of rotatable bonds is 5. The molecule has 3 N–H and O–H groups in total. The molecule has 0 heterocycles. The highest BCUT2D eigenvalue weighted by Crippen LogP contribution is 2.26. The molecule has 106 valence electrons. The molecule has 1 aromatic carbocycles. The van der Waals surface area contributed by atoms with Gasteiger partial charge < -0.3 is 15.6 Å². The molecule has 0 fully saturated rings. The van der Waals surface area contributed by atoms with Crippen molar-refractivity contribution in [3.8, 4) is 5.75 Å². The van der Waals surface area contributed by atoms with E-state index in [-0.39, 0.29) is 12.8 Å². The Balaban J connectivity index is 2.69. The first-order valence-electron chi connectivity index (χ1n) is 5.21. The number of aliphatic carboxylic acids is 1. The number of carboxylic acid groups (broad SMARTS) is 1. The van der Waals surface area contributed by atoms with Crippen molar-refractivity contribution in [2.24, 2.45) is 5.73 Å². The van der Waals surface area contributed by atoms with Crippen LogP contribution in [0.3, 0.4) is 0 Å². The lowest BCUT2D eigenvalue weighted by atomic mass is 10.1. The molecule has 8 heteroatoms. The van der Waals surface area contributed by atoms with Gasteiger partial charge in [-0.15, -0.1) is 13.2 Å². The lowest BCUT2D eigenvalue weighted by molar-refractivity contribution is -0.275. The van der Waals surface area contributed by atoms with E-state index in [0.29, 0.717) is 5.56 Å². The van der Waals surface area contributed by atoms with Crippen LogP contribution >= 0.6 is 0 Å². The van der Waals surface area contributed by atoms with E-state index in [1.807, 2.05) is 0 Å². The minimum Gasteiger partial charge on any atom is -0.480 e. The zero-order valence-corrected chi connectivity index (χ0v) is 9.58. The third-order valence-electron chi connectivity index (χ3n) is 2.28. The van der Waals surface area contributed by atoms with Gasteiger partial charge in [-0.1, -0.05) is 6.07 Å². The van der Waals surface area contributed by atoms with E-state index in [4.69, 9.17) is 10.8 Å². The van der Waals surface area contributed by atoms with Gasteiger partial charge in [0.15, 0.2) is 11.6 Å². The van der Waals surface area contributed by atoms with E-state index >= 15 is 0 Å². The van der Waals surface area contributed by atoms with Crippen LogP contribution in [0.1, 0.15) is 12.0 Å². The molecule has 0 saturated heterocycles. The van der Waals surface area contributed by atoms with Crippen LogP contribution in [0.4, 0.5) is 17.6 Å². The number of benzene rings is 1. The second-order valence-electron chi connectivity index (χ2n) is 3.80. The quantitative estimate of drug-likeness (QED) is 0.810. The Morgan fingerprint density at radius 1 is 1.42 bits per heavy atom. The molecule has 1 rings (SSSR count). The first kappa shape index (κ1) is 15.2. The molecule has 0 aromatic heterocycles. The number of ether oxygens (including phenoxy) is 1. The van der Waals surface area contributed by atoms with Crippen molar-refractivity contribution in [2.75, 3.05) is 0 Å². The third-order valence-corrected chi connectivity index (χ3v) is 2.28. The highest BCUT2D eigenvalue weighted by atomic mass is 19.4. The SMILES string of the molecule is NC(CCc1ccc(OC(F)(F)F)c(F)c1)C(=O)O. The Hall–Kier alpha value is -1.83. The van der Waals surface area contributed by atoms with Gasteiger partial charge in [0, 0.05) is 0 Å². The molecule has 0 saturated carbocycles. The Morgan fingerprint density at radius 3 is 2.53 bits per heavy atom. The average Bonchev–Trinajstić information content (AvgIpc) is 2.27. The smallest absolute Gasteiger partial charge is 0.480 e. The molecule has 1 atom stereocenters. The van der Waals surface area contributed by atoms with Crippen LogP contribution in [0.5, 0.6) is 5.75 Å². The van der Waals surface area contributed by atoms with Crippen molar-refractivity contribution in [2.45, 2.75) is 25.2 Å². The lowest BCUT2D eigenvalue weighted by Crippen LogP contribution is -2.30. The fourth-order valence-electron chi connectivity index (χ4n) is 1.35. The second-order valence-corrected chi connectivity index (χ2v) is 3.80. The van der Waals surface area contributed by atoms with Gasteiger partial charge in [0.05, 0.1) is 0 Å². The Kier molecular flexibility index (Phi) is 4.71. The first-order chi connectivity index (χ1) is 8.69. The van der Waals surface area contributed by atoms with Crippen molar-refractivity contribution >= 4 is 5.97 Å². The van der Waals surface area contributed by atoms with Crippen LogP contribution in [-0.2, 0) is 11.2 Å². The largest absolute Gasteiger partial charge is 0.573 e. The van der Waals surface area contributed by atoms with Crippen LogP contribution in [0, 0.1) is 5.82 Å². The maximum Gasteiger partial charge on any atom is 0.573 e. The summed E-state index contributed by atoms with van der Waals surface area (Å²) in [5, 5.41) is 8.54. The standard InChI is InChI=1S/C11H11F4NO3/c12-7-5-6(1-3-8(16)10(17)18)2-4-9(7)19-11(13,14)15/h2,4-5,8H,1,3,16H2,(H,17,18). The van der Waals surface area contributed by atoms with Gasteiger partial charge in [-0.2, -0.15) is 0 Å². The molecule has 4 nitrogen and oxygen atoms in total. The van der Waals surface area contributed by atoms with E-state index in [1.54, 1.807) is 0 Å². The average molecular weight is 281 g/mol. The molecule has 0 radical (unpaired) electrons. The van der Waals surface area contributed by atoms with E-state index < -0.39 is 29.9 Å². The highest BCUT2D eigenvalue weighted by molar-refractivity contribution is 5.73. The number of halogens is 4. The summed E-state index contributed by atoms with van der Waals surface area (Å²) in [6, 6.07) is 1.81.